The lowest BCUT2D eigenvalue weighted by Crippen LogP contribution is -2.27. The van der Waals surface area contributed by atoms with Gasteiger partial charge in [-0.1, -0.05) is 87.4 Å². The van der Waals surface area contributed by atoms with E-state index in [0.717, 1.165) is 57.2 Å². The quantitative estimate of drug-likeness (QED) is 0.0514. The predicted molar refractivity (Wildman–Crippen MR) is 298 cm³/mol. The smallest absolute Gasteiger partial charge is 0.335 e. The number of aromatic nitrogens is 2. The van der Waals surface area contributed by atoms with E-state index in [9.17, 15) is 41.7 Å². The van der Waals surface area contributed by atoms with E-state index in [1.54, 1.807) is 80.8 Å². The van der Waals surface area contributed by atoms with Crippen LogP contribution in [-0.2, 0) is 20.0 Å². The zero-order valence-corrected chi connectivity index (χ0v) is 44.4. The number of fused-ring (bicyclic) bond motifs is 2. The monoisotopic (exact) mass is 1060 g/mol. The molecule has 18 heteroatoms. The van der Waals surface area contributed by atoms with Gasteiger partial charge in [0.05, 0.1) is 49.3 Å². The zero-order chi connectivity index (χ0) is 54.1. The van der Waals surface area contributed by atoms with E-state index in [-0.39, 0.29) is 33.0 Å². The number of sulfonamides is 2. The molecule has 0 unspecified atom stereocenters. The van der Waals surface area contributed by atoms with E-state index >= 15 is 0 Å². The third-order valence-electron chi connectivity index (χ3n) is 13.2. The van der Waals surface area contributed by atoms with Crippen LogP contribution in [-0.4, -0.2) is 119 Å². The number of amides is 1. The Morgan fingerprint density at radius 2 is 0.947 bits per heavy atom. The summed E-state index contributed by atoms with van der Waals surface area (Å²) in [5.74, 6) is -1.28. The molecule has 5 N–H and O–H groups in total. The molecule has 0 saturated carbocycles. The molecular weight excluding hydrogens is 1000 g/mol. The molecule has 394 valence electrons. The summed E-state index contributed by atoms with van der Waals surface area (Å²) in [4.78, 5) is 41.7. The van der Waals surface area contributed by atoms with E-state index in [1.807, 2.05) is 79.4 Å². The van der Waals surface area contributed by atoms with Crippen molar-refractivity contribution >= 4 is 76.5 Å². The molecule has 9 rings (SSSR count). The molecule has 0 aliphatic carbocycles. The molecule has 76 heavy (non-hydrogen) atoms. The molecule has 1 fully saturated rings. The lowest BCUT2D eigenvalue weighted by molar-refractivity contribution is 0.0696. The Hall–Kier alpha value is -7.90. The van der Waals surface area contributed by atoms with Crippen LogP contribution in [0.2, 0.25) is 0 Å². The number of benzene rings is 6. The van der Waals surface area contributed by atoms with Gasteiger partial charge in [0.25, 0.3) is 5.91 Å². The van der Waals surface area contributed by atoms with Crippen LogP contribution >= 0.6 is 0 Å². The molecule has 0 atom stereocenters. The fourth-order valence-corrected chi connectivity index (χ4v) is 11.4. The highest BCUT2D eigenvalue weighted by Crippen LogP contribution is 2.36. The number of carboxylic acids is 1. The Labute approximate surface area is 442 Å². The van der Waals surface area contributed by atoms with E-state index in [2.05, 4.69) is 9.97 Å². The lowest BCUT2D eigenvalue weighted by atomic mass is 10.0. The number of hydrogen-bond acceptors (Lipinski definition) is 10. The van der Waals surface area contributed by atoms with Gasteiger partial charge in [0, 0.05) is 78.8 Å². The Morgan fingerprint density at radius 1 is 0.553 bits per heavy atom. The van der Waals surface area contributed by atoms with Crippen molar-refractivity contribution in [3.8, 4) is 11.8 Å². The summed E-state index contributed by atoms with van der Waals surface area (Å²) in [5, 5.41) is 32.2. The first-order chi connectivity index (χ1) is 36.5. The van der Waals surface area contributed by atoms with Gasteiger partial charge in [-0.3, -0.25) is 4.79 Å². The van der Waals surface area contributed by atoms with E-state index in [4.69, 9.17) is 9.98 Å². The van der Waals surface area contributed by atoms with E-state index in [1.165, 1.54) is 26.8 Å². The molecule has 8 aromatic rings. The highest BCUT2D eigenvalue weighted by Gasteiger charge is 2.27. The molecule has 0 spiro atoms. The maximum Gasteiger partial charge on any atom is 0.335 e. The van der Waals surface area contributed by atoms with Gasteiger partial charge >= 0.3 is 5.97 Å². The van der Waals surface area contributed by atoms with Gasteiger partial charge in [0.15, 0.2) is 11.8 Å². The van der Waals surface area contributed by atoms with Gasteiger partial charge in [0.2, 0.25) is 20.0 Å². The molecule has 2 aromatic heterocycles. The summed E-state index contributed by atoms with van der Waals surface area (Å²) < 4.78 is 55.7. The lowest BCUT2D eigenvalue weighted by Gasteiger charge is -2.17. The van der Waals surface area contributed by atoms with Crippen molar-refractivity contribution in [1.29, 1.82) is 0 Å². The average Bonchev–Trinajstić information content (AvgIpc) is 4.18. The summed E-state index contributed by atoms with van der Waals surface area (Å²) in [7, 11) is -4.31. The molecular formula is C58H61N7O9S2. The molecule has 0 bridgehead atoms. The van der Waals surface area contributed by atoms with Gasteiger partial charge in [-0.05, 0) is 111 Å². The fourth-order valence-electron chi connectivity index (χ4n) is 8.92. The number of nitrogens with zero attached hydrogens (tertiary/aromatic N) is 5. The Kier molecular flexibility index (Phi) is 17.0. The third-order valence-corrected chi connectivity index (χ3v) is 16.9. The number of H-pyrrole nitrogens is 2. The van der Waals surface area contributed by atoms with Crippen molar-refractivity contribution in [3.63, 3.8) is 0 Å². The number of carbonyl (C=O) groups is 2. The number of aromatic amines is 2. The van der Waals surface area contributed by atoms with Gasteiger partial charge in [0.1, 0.15) is 0 Å². The number of aliphatic imine (C=N–C) groups is 2. The number of likely N-dealkylation sites (tertiary alicyclic amines) is 1. The van der Waals surface area contributed by atoms with Gasteiger partial charge < -0.3 is 30.2 Å². The minimum atomic E-state index is -3.73. The average molecular weight is 1060 g/mol. The minimum Gasteiger partial charge on any atom is -0.494 e. The van der Waals surface area contributed by atoms with Crippen LogP contribution in [0.4, 0.5) is 11.4 Å². The first-order valence-corrected chi connectivity index (χ1v) is 28.0. The Bertz CT molecular complexity index is 3650. The molecule has 1 aliphatic rings. The summed E-state index contributed by atoms with van der Waals surface area (Å²) >= 11 is 0. The van der Waals surface area contributed by atoms with Crippen molar-refractivity contribution in [1.82, 2.24) is 23.5 Å². The van der Waals surface area contributed by atoms with Gasteiger partial charge in [-0.25, -0.2) is 40.2 Å². The third kappa shape index (κ3) is 12.0. The molecule has 1 amide bonds. The first-order valence-electron chi connectivity index (χ1n) is 25.2. The molecule has 1 saturated heterocycles. The van der Waals surface area contributed by atoms with Crippen LogP contribution in [0.5, 0.6) is 11.8 Å². The molecule has 3 heterocycles. The largest absolute Gasteiger partial charge is 0.494 e. The number of nitrogens with one attached hydrogen (secondary N) is 2. The molecule has 0 radical (unpaired) electrons. The fraction of sp³-hybridized carbons (Fsp3) is 0.241. The Balaban J connectivity index is 0.000000203. The highest BCUT2D eigenvalue weighted by atomic mass is 32.2. The van der Waals surface area contributed by atoms with Crippen LogP contribution in [0.15, 0.2) is 165 Å². The van der Waals surface area contributed by atoms with Crippen molar-refractivity contribution in [2.45, 2.75) is 62.2 Å². The minimum absolute atomic E-state index is 0.0169. The van der Waals surface area contributed by atoms with Crippen molar-refractivity contribution in [2.24, 2.45) is 9.98 Å². The van der Waals surface area contributed by atoms with Gasteiger partial charge in [-0.15, -0.1) is 0 Å². The van der Waals surface area contributed by atoms with Crippen LogP contribution in [0.3, 0.4) is 0 Å². The summed E-state index contributed by atoms with van der Waals surface area (Å²) in [6.45, 7) is 6.41. The second-order valence-electron chi connectivity index (χ2n) is 18.5. The van der Waals surface area contributed by atoms with Crippen LogP contribution in [0, 0.1) is 0 Å². The zero-order valence-electron chi connectivity index (χ0n) is 42.8. The predicted octanol–water partition coefficient (Wildman–Crippen LogP) is 10.9. The Morgan fingerprint density at radius 3 is 1.33 bits per heavy atom. The number of hydrogen-bond donors (Lipinski definition) is 5. The van der Waals surface area contributed by atoms with E-state index in [0.29, 0.717) is 79.9 Å². The molecule has 1 aliphatic heterocycles. The first kappa shape index (κ1) is 54.4. The highest BCUT2D eigenvalue weighted by molar-refractivity contribution is 7.89. The number of rotatable bonds is 18. The normalized spacial score (nSPS) is 13.4. The topological polar surface area (TPSA) is 229 Å². The number of unbranched alkanes of at least 4 members (excludes halogenated alkanes) is 2. The SMILES string of the molecule is CCCCN(C)S(=O)(=O)c1ccc2[nH]c(O)c(C(=Nc3ccc(C(=O)N4CCCC4)cc3)c3ccccc3)c2c1.CCCCN(C)S(=O)(=O)c1ccc2[nH]c(O)c(C(=Nc3ccc(C(=O)O)cc3)c3ccccc3)c2c1. The number of carboxylic acid groups (broad SMARTS) is 1. The number of aromatic carboxylic acids is 1. The van der Waals surface area contributed by atoms with Crippen LogP contribution < -0.4 is 0 Å². The van der Waals surface area contributed by atoms with Crippen LogP contribution in [0.1, 0.15) is 95.3 Å². The van der Waals surface area contributed by atoms with Crippen LogP contribution in [0.25, 0.3) is 21.8 Å². The molecule has 16 nitrogen and oxygen atoms in total. The van der Waals surface area contributed by atoms with Gasteiger partial charge in [-0.2, -0.15) is 0 Å². The van der Waals surface area contributed by atoms with Crippen molar-refractivity contribution in [3.05, 3.63) is 179 Å². The maximum atomic E-state index is 13.3. The molecule has 6 aromatic carbocycles. The second-order valence-corrected chi connectivity index (χ2v) is 22.6. The second kappa shape index (κ2) is 23.8. The maximum absolute atomic E-state index is 13.3. The van der Waals surface area contributed by atoms with Crippen molar-refractivity contribution < 1.29 is 41.7 Å². The standard InChI is InChI=1S/C31H34N4O4S.C27H27N3O5S/c1-3-4-18-34(2)40(38,39)25-16-17-27-26(21-25)28(30(36)33-27)29(22-10-6-5-7-11-22)32-24-14-12-23(13-15-24)31(37)35-19-8-9-20-35;1-3-4-16-30(2)36(34,35)21-14-15-23-22(17-21)24(26(31)29-23)25(18-8-6-5-7-9-18)28-20-12-10-19(11-13-20)27(32)33/h5-7,10-17,21,33,36H,3-4,8-9,18-20H2,1-2H3;5-15,17,29,31H,3-4,16H2,1-2H3,(H,32,33). The van der Waals surface area contributed by atoms with E-state index < -0.39 is 26.0 Å². The number of aromatic hydroxyl groups is 2. The summed E-state index contributed by atoms with van der Waals surface area (Å²) in [6, 6.07) is 41.3. The number of carbonyl (C=O) groups excluding carboxylic acids is 1. The van der Waals surface area contributed by atoms with Crippen molar-refractivity contribution in [2.75, 3.05) is 40.3 Å². The summed E-state index contributed by atoms with van der Waals surface area (Å²) in [5.41, 5.74) is 6.09. The summed E-state index contributed by atoms with van der Waals surface area (Å²) in [6.07, 6.45) is 5.33.